The first-order valence-corrected chi connectivity index (χ1v) is 16.0. The summed E-state index contributed by atoms with van der Waals surface area (Å²) < 4.78 is 42.4. The Morgan fingerprint density at radius 2 is 1.90 bits per heavy atom. The van der Waals surface area contributed by atoms with Crippen LogP contribution in [0.15, 0.2) is 22.0 Å². The summed E-state index contributed by atoms with van der Waals surface area (Å²) in [5, 5.41) is 24.8. The molecular formula is C17H27N6O14P3. The summed E-state index contributed by atoms with van der Waals surface area (Å²) in [5.74, 6) is -1.44. The molecule has 4 unspecified atom stereocenters. The molecule has 3 rings (SSSR count). The van der Waals surface area contributed by atoms with E-state index >= 15 is 0 Å². The highest BCUT2D eigenvalue weighted by Gasteiger charge is 2.39. The Balaban J connectivity index is 1.73. The molecule has 0 aromatic carbocycles. The highest BCUT2D eigenvalue weighted by atomic mass is 31.3. The van der Waals surface area contributed by atoms with Crippen molar-refractivity contribution in [3.63, 3.8) is 0 Å². The summed E-state index contributed by atoms with van der Waals surface area (Å²) in [6.45, 7) is 2.94. The Bertz CT molecular complexity index is 1500. The fourth-order valence-corrected chi connectivity index (χ4v) is 6.91. The van der Waals surface area contributed by atoms with E-state index in [1.807, 2.05) is 6.92 Å². The number of carboxylic acids is 1. The van der Waals surface area contributed by atoms with Gasteiger partial charge in [-0.15, -0.1) is 5.10 Å². The molecule has 23 heteroatoms. The van der Waals surface area contributed by atoms with Gasteiger partial charge in [-0.25, -0.2) is 32.9 Å². The predicted molar refractivity (Wildman–Crippen MR) is 131 cm³/mol. The predicted octanol–water partition coefficient (Wildman–Crippen LogP) is 0.905. The largest absolute Gasteiger partial charge is 0.488 e. The van der Waals surface area contributed by atoms with Crippen LogP contribution in [-0.4, -0.2) is 67.9 Å². The molecule has 40 heavy (non-hydrogen) atoms. The van der Waals surface area contributed by atoms with E-state index < -0.39 is 65.6 Å². The molecule has 0 bridgehead atoms. The third-order valence-electron chi connectivity index (χ3n) is 5.73. The normalized spacial score (nSPS) is 22.4. The molecule has 0 aliphatic carbocycles. The second-order valence-corrected chi connectivity index (χ2v) is 13.2. The molecule has 0 amide bonds. The molecule has 1 fully saturated rings. The van der Waals surface area contributed by atoms with Gasteiger partial charge in [-0.2, -0.15) is 4.31 Å². The van der Waals surface area contributed by atoms with E-state index in [1.165, 1.54) is 6.20 Å². The van der Waals surface area contributed by atoms with Crippen LogP contribution < -0.4 is 11.2 Å². The van der Waals surface area contributed by atoms with Crippen molar-refractivity contribution >= 4 is 29.3 Å². The van der Waals surface area contributed by atoms with E-state index in [-0.39, 0.29) is 30.0 Å². The highest BCUT2D eigenvalue weighted by Crippen LogP contribution is 2.66. The van der Waals surface area contributed by atoms with Crippen molar-refractivity contribution in [1.82, 2.24) is 24.5 Å². The molecule has 1 aliphatic rings. The lowest BCUT2D eigenvalue weighted by atomic mass is 9.99. The molecule has 2 aromatic rings. The van der Waals surface area contributed by atoms with Crippen LogP contribution in [0.5, 0.6) is 0 Å². The van der Waals surface area contributed by atoms with Crippen LogP contribution in [0.3, 0.4) is 0 Å². The second kappa shape index (κ2) is 12.3. The molecule has 1 aliphatic heterocycles. The number of rotatable bonds is 13. The van der Waals surface area contributed by atoms with Gasteiger partial charge < -0.3 is 29.4 Å². The third kappa shape index (κ3) is 8.34. The number of aromatic nitrogens is 5. The van der Waals surface area contributed by atoms with E-state index in [0.29, 0.717) is 6.42 Å². The second-order valence-electron chi connectivity index (χ2n) is 8.69. The summed E-state index contributed by atoms with van der Waals surface area (Å²) in [5.41, 5.74) is -1.77. The quantitative estimate of drug-likeness (QED) is 0.151. The number of hydrogen-bond acceptors (Lipinski definition) is 12. The highest BCUT2D eigenvalue weighted by molar-refractivity contribution is 7.66. The van der Waals surface area contributed by atoms with Crippen molar-refractivity contribution in [2.45, 2.75) is 51.5 Å². The van der Waals surface area contributed by atoms with Crippen molar-refractivity contribution < 1.29 is 56.5 Å². The third-order valence-corrected chi connectivity index (χ3v) is 9.62. The number of aliphatic carboxylic acids is 1. The summed E-state index contributed by atoms with van der Waals surface area (Å²) in [6.07, 6.45) is 1.46. The van der Waals surface area contributed by atoms with Gasteiger partial charge in [0.05, 0.1) is 24.5 Å². The zero-order chi connectivity index (χ0) is 30.0. The molecule has 0 spiro atoms. The Morgan fingerprint density at radius 3 is 2.50 bits per heavy atom. The molecule has 3 heterocycles. The Labute approximate surface area is 224 Å². The molecule has 7 N–H and O–H groups in total. The summed E-state index contributed by atoms with van der Waals surface area (Å²) >= 11 is 0. The lowest BCUT2D eigenvalue weighted by Gasteiger charge is -2.21. The van der Waals surface area contributed by atoms with Gasteiger partial charge in [-0.05, 0) is 18.8 Å². The maximum atomic E-state index is 12.5. The molecule has 20 nitrogen and oxygen atoms in total. The Kier molecular flexibility index (Phi) is 9.86. The standard InChI is InChI=1S/C17H27N6O14P3/c1-3-9(2)14(16(25)26)23-7-12(20-21-23)11-6-22(17(27)19-15(11)24)13-5-4-10(35-13)8-34-38(18,28)36-40(32,33)37-39(29,30)31/h6-7,9-10,13-14H,3-5,8H2,1-2H3,(H2,18,28)(H,25,26)(H,32,33)(H,19,24,27)(H2,29,30,31)/t9?,10-,13+,14?,38?/m0/s1. The first kappa shape index (κ1) is 32.2. The van der Waals surface area contributed by atoms with Gasteiger partial charge in [0.1, 0.15) is 11.9 Å². The first-order chi connectivity index (χ1) is 18.4. The molecular weight excluding hydrogens is 605 g/mol. The van der Waals surface area contributed by atoms with Crippen LogP contribution in [0, 0.1) is 11.1 Å². The van der Waals surface area contributed by atoms with Crippen molar-refractivity contribution in [2.75, 3.05) is 6.61 Å². The van der Waals surface area contributed by atoms with E-state index in [0.717, 1.165) is 15.4 Å². The SMILES string of the molecule is CCC(C)C(C(=O)O)n1cc(-c2cn([C@H]3CC[C@@H](COP(=N)(O)OP(=O)(O)OP(=O)(O)O)O3)c(=O)[nH]c2=O)nn1. The average molecular weight is 632 g/mol. The zero-order valence-corrected chi connectivity index (χ0v) is 23.5. The number of hydrogen-bond donors (Lipinski definition) is 7. The molecule has 0 saturated carbocycles. The minimum atomic E-state index is -5.56. The van der Waals surface area contributed by atoms with Gasteiger partial charge in [0.25, 0.3) is 5.56 Å². The van der Waals surface area contributed by atoms with Crippen molar-refractivity contribution in [3.8, 4) is 11.3 Å². The van der Waals surface area contributed by atoms with Crippen LogP contribution in [0.2, 0.25) is 0 Å². The number of carboxylic acid groups (broad SMARTS) is 1. The van der Waals surface area contributed by atoms with E-state index in [2.05, 4.69) is 23.9 Å². The monoisotopic (exact) mass is 632 g/mol. The summed E-state index contributed by atoms with van der Waals surface area (Å²) in [7, 11) is -15.9. The van der Waals surface area contributed by atoms with Crippen LogP contribution in [0.4, 0.5) is 0 Å². The topological polar surface area (TPSA) is 299 Å². The van der Waals surface area contributed by atoms with E-state index in [4.69, 9.17) is 24.2 Å². The van der Waals surface area contributed by atoms with Crippen molar-refractivity contribution in [2.24, 2.45) is 5.92 Å². The van der Waals surface area contributed by atoms with Gasteiger partial charge in [-0.3, -0.25) is 18.9 Å². The Morgan fingerprint density at radius 1 is 1.23 bits per heavy atom. The van der Waals surface area contributed by atoms with Gasteiger partial charge in [0.15, 0.2) is 6.04 Å². The van der Waals surface area contributed by atoms with Crippen LogP contribution in [0.25, 0.3) is 11.3 Å². The van der Waals surface area contributed by atoms with Crippen LogP contribution in [-0.2, 0) is 31.8 Å². The lowest BCUT2D eigenvalue weighted by molar-refractivity contribution is -0.143. The smallest absolute Gasteiger partial charge is 0.480 e. The maximum absolute atomic E-state index is 12.5. The number of ether oxygens (including phenoxy) is 1. The number of aromatic amines is 1. The number of nitrogens with zero attached hydrogens (tertiary/aromatic N) is 4. The van der Waals surface area contributed by atoms with Crippen LogP contribution in [0.1, 0.15) is 45.4 Å². The van der Waals surface area contributed by atoms with Gasteiger partial charge >= 0.3 is 35.0 Å². The fraction of sp³-hybridized carbons (Fsp3) is 0.588. The minimum absolute atomic E-state index is 0.00499. The Hall–Kier alpha value is -2.34. The maximum Gasteiger partial charge on any atom is 0.488 e. The van der Waals surface area contributed by atoms with Crippen molar-refractivity contribution in [1.29, 1.82) is 5.16 Å². The first-order valence-electron chi connectivity index (χ1n) is 11.4. The molecule has 224 valence electrons. The number of H-pyrrole nitrogens is 1. The summed E-state index contributed by atoms with van der Waals surface area (Å²) in [6, 6.07) is -1.04. The lowest BCUT2D eigenvalue weighted by Crippen LogP contribution is -2.33. The number of nitrogens with one attached hydrogen (secondary N) is 2. The van der Waals surface area contributed by atoms with Gasteiger partial charge in [0, 0.05) is 6.20 Å². The minimum Gasteiger partial charge on any atom is -0.480 e. The molecule has 0 radical (unpaired) electrons. The molecule has 1 saturated heterocycles. The van der Waals surface area contributed by atoms with Gasteiger partial charge in [0.2, 0.25) is 0 Å². The van der Waals surface area contributed by atoms with Crippen molar-refractivity contribution in [3.05, 3.63) is 33.2 Å². The van der Waals surface area contributed by atoms with Gasteiger partial charge in [-0.1, -0.05) is 25.5 Å². The van der Waals surface area contributed by atoms with Crippen LogP contribution >= 0.6 is 23.4 Å². The fourth-order valence-electron chi connectivity index (χ4n) is 3.77. The summed E-state index contributed by atoms with van der Waals surface area (Å²) in [4.78, 5) is 75.2. The number of carbonyl (C=O) groups is 1. The zero-order valence-electron chi connectivity index (χ0n) is 20.8. The number of phosphoric acid groups is 2. The van der Waals surface area contributed by atoms with E-state index in [9.17, 15) is 38.4 Å². The average Bonchev–Trinajstić information content (AvgIpc) is 3.45. The molecule has 6 atom stereocenters. The molecule has 2 aromatic heterocycles. The van der Waals surface area contributed by atoms with E-state index in [1.54, 1.807) is 6.92 Å².